The van der Waals surface area contributed by atoms with Crippen LogP contribution in [0.3, 0.4) is 0 Å². The van der Waals surface area contributed by atoms with Gasteiger partial charge in [0.05, 0.1) is 17.6 Å². The van der Waals surface area contributed by atoms with Crippen molar-refractivity contribution in [1.29, 1.82) is 0 Å². The Morgan fingerprint density at radius 2 is 1.71 bits per heavy atom. The first-order chi connectivity index (χ1) is 15.7. The van der Waals surface area contributed by atoms with E-state index in [0.29, 0.717) is 24.7 Å². The van der Waals surface area contributed by atoms with Crippen LogP contribution < -0.4 is 0 Å². The van der Waals surface area contributed by atoms with Crippen LogP contribution in [0.4, 0.5) is 0 Å². The van der Waals surface area contributed by atoms with Crippen molar-refractivity contribution in [1.82, 2.24) is 0 Å². The number of aliphatic carboxylic acids is 1. The van der Waals surface area contributed by atoms with Crippen LogP contribution in [-0.2, 0) is 4.79 Å². The molecule has 190 valence electrons. The molecule has 0 aliphatic heterocycles. The molecule has 0 aromatic heterocycles. The van der Waals surface area contributed by atoms with E-state index >= 15 is 0 Å². The zero-order valence-electron chi connectivity index (χ0n) is 22.2. The number of carboxylic acids is 1. The smallest absolute Gasteiger partial charge is 0.310 e. The van der Waals surface area contributed by atoms with E-state index in [1.807, 2.05) is 0 Å². The third-order valence-corrected chi connectivity index (χ3v) is 12.9. The first-order valence-corrected chi connectivity index (χ1v) is 13.6. The van der Waals surface area contributed by atoms with Crippen molar-refractivity contribution in [3.05, 3.63) is 23.8 Å². The number of aliphatic hydroxyl groups is 2. The second kappa shape index (κ2) is 7.22. The predicted octanol–water partition coefficient (Wildman–Crippen LogP) is 5.98. The van der Waals surface area contributed by atoms with Gasteiger partial charge in [-0.2, -0.15) is 0 Å². The van der Waals surface area contributed by atoms with Crippen molar-refractivity contribution >= 4 is 5.97 Å². The summed E-state index contributed by atoms with van der Waals surface area (Å²) in [6, 6.07) is 0. The van der Waals surface area contributed by atoms with Gasteiger partial charge >= 0.3 is 5.97 Å². The second-order valence-corrected chi connectivity index (χ2v) is 14.2. The second-order valence-electron chi connectivity index (χ2n) is 14.2. The number of rotatable bonds is 1. The summed E-state index contributed by atoms with van der Waals surface area (Å²) >= 11 is 0. The van der Waals surface area contributed by atoms with Crippen molar-refractivity contribution in [3.8, 4) is 0 Å². The maximum atomic E-state index is 12.8. The Morgan fingerprint density at radius 1 is 1.03 bits per heavy atom. The van der Waals surface area contributed by atoms with Gasteiger partial charge in [-0.05, 0) is 90.8 Å². The summed E-state index contributed by atoms with van der Waals surface area (Å²) < 4.78 is 0. The Kier molecular flexibility index (Phi) is 5.21. The van der Waals surface area contributed by atoms with Gasteiger partial charge in [0.25, 0.3) is 0 Å². The van der Waals surface area contributed by atoms with Gasteiger partial charge in [0.15, 0.2) is 0 Å². The highest BCUT2D eigenvalue weighted by Gasteiger charge is 2.70. The molecule has 0 spiro atoms. The molecule has 5 aliphatic rings. The number of carbonyl (C=O) groups is 1. The Morgan fingerprint density at radius 3 is 2.35 bits per heavy atom. The molecule has 0 amide bonds. The summed E-state index contributed by atoms with van der Waals surface area (Å²) in [7, 11) is 0. The highest BCUT2D eigenvalue weighted by molar-refractivity contribution is 5.77. The van der Waals surface area contributed by atoms with E-state index in [0.717, 1.165) is 38.5 Å². The first-order valence-electron chi connectivity index (χ1n) is 13.6. The van der Waals surface area contributed by atoms with Crippen LogP contribution in [0.25, 0.3) is 0 Å². The molecular formula is C30H46O4. The maximum Gasteiger partial charge on any atom is 0.310 e. The molecule has 1 unspecified atom stereocenters. The zero-order chi connectivity index (χ0) is 25.1. The number of carboxylic acid groups (broad SMARTS) is 1. The van der Waals surface area contributed by atoms with Crippen molar-refractivity contribution in [2.75, 3.05) is 0 Å². The third-order valence-electron chi connectivity index (χ3n) is 12.9. The molecule has 0 aromatic carbocycles. The summed E-state index contributed by atoms with van der Waals surface area (Å²) in [4.78, 5) is 12.8. The molecule has 5 aliphatic carbocycles. The highest BCUT2D eigenvalue weighted by atomic mass is 16.4. The van der Waals surface area contributed by atoms with Crippen molar-refractivity contribution in [3.63, 3.8) is 0 Å². The fraction of sp³-hybridized carbons (Fsp3) is 0.833. The molecule has 3 N–H and O–H groups in total. The van der Waals surface area contributed by atoms with E-state index in [2.05, 4.69) is 54.2 Å². The van der Waals surface area contributed by atoms with Gasteiger partial charge in [0.2, 0.25) is 0 Å². The van der Waals surface area contributed by atoms with E-state index in [9.17, 15) is 20.1 Å². The van der Waals surface area contributed by atoms with Gasteiger partial charge in [-0.15, -0.1) is 0 Å². The summed E-state index contributed by atoms with van der Waals surface area (Å²) in [5.74, 6) is 0.379. The molecule has 0 saturated heterocycles. The molecule has 10 atom stereocenters. The van der Waals surface area contributed by atoms with Crippen LogP contribution in [0.5, 0.6) is 0 Å². The number of hydrogen-bond acceptors (Lipinski definition) is 3. The topological polar surface area (TPSA) is 77.8 Å². The molecular weight excluding hydrogens is 424 g/mol. The number of allylic oxidation sites excluding steroid dienone is 3. The van der Waals surface area contributed by atoms with E-state index in [1.54, 1.807) is 0 Å². The highest BCUT2D eigenvalue weighted by Crippen LogP contribution is 2.75. The van der Waals surface area contributed by atoms with Gasteiger partial charge in [0.1, 0.15) is 0 Å². The molecule has 0 aromatic rings. The third kappa shape index (κ3) is 2.71. The van der Waals surface area contributed by atoms with Crippen LogP contribution in [0.1, 0.15) is 92.9 Å². The molecule has 4 heteroatoms. The van der Waals surface area contributed by atoms with E-state index < -0.39 is 23.6 Å². The minimum absolute atomic E-state index is 0.0310. The van der Waals surface area contributed by atoms with Crippen molar-refractivity contribution < 1.29 is 20.1 Å². The van der Waals surface area contributed by atoms with Gasteiger partial charge in [-0.25, -0.2) is 0 Å². The van der Waals surface area contributed by atoms with E-state index in [4.69, 9.17) is 0 Å². The summed E-state index contributed by atoms with van der Waals surface area (Å²) in [5.41, 5.74) is 1.56. The number of hydrogen-bond donors (Lipinski definition) is 3. The van der Waals surface area contributed by atoms with Gasteiger partial charge < -0.3 is 15.3 Å². The lowest BCUT2D eigenvalue weighted by atomic mass is 9.33. The lowest BCUT2D eigenvalue weighted by Crippen LogP contribution is -2.67. The van der Waals surface area contributed by atoms with Gasteiger partial charge in [-0.3, -0.25) is 4.79 Å². The van der Waals surface area contributed by atoms with Crippen molar-refractivity contribution in [2.24, 2.45) is 50.7 Å². The first kappa shape index (κ1) is 24.6. The fourth-order valence-electron chi connectivity index (χ4n) is 10.7. The van der Waals surface area contributed by atoms with Crippen LogP contribution in [-0.4, -0.2) is 33.5 Å². The number of fused-ring (bicyclic) bond motifs is 7. The molecule has 4 fully saturated rings. The molecule has 4 nitrogen and oxygen atoms in total. The Labute approximate surface area is 205 Å². The van der Waals surface area contributed by atoms with Crippen LogP contribution in [0, 0.1) is 50.7 Å². The fourth-order valence-corrected chi connectivity index (χ4v) is 10.7. The molecule has 4 saturated carbocycles. The molecule has 0 heterocycles. The van der Waals surface area contributed by atoms with Crippen molar-refractivity contribution in [2.45, 2.75) is 105 Å². The number of aliphatic hydroxyl groups excluding tert-OH is 2. The average molecular weight is 471 g/mol. The Balaban J connectivity index is 1.63. The largest absolute Gasteiger partial charge is 0.481 e. The monoisotopic (exact) mass is 470 g/mol. The quantitative estimate of drug-likeness (QED) is 0.412. The minimum Gasteiger partial charge on any atom is -0.481 e. The average Bonchev–Trinajstić information content (AvgIpc) is 2.75. The van der Waals surface area contributed by atoms with Crippen LogP contribution >= 0.6 is 0 Å². The summed E-state index contributed by atoms with van der Waals surface area (Å²) in [5, 5.41) is 32.4. The van der Waals surface area contributed by atoms with Crippen LogP contribution in [0.15, 0.2) is 23.8 Å². The lowest BCUT2D eigenvalue weighted by molar-refractivity contribution is -0.231. The standard InChI is InChI=1S/C30H46O4/c1-17-10-13-30(25(33)34)15-14-28(6)19(23(30)18(17)2)8-9-22-27(5)16-20(31)24(32)26(3,4)21(27)11-12-29(22,28)7/h8,18,20-24,31-32H,1,9-16H2,2-7H3,(H,33,34)/t18-,20+,21?,22+,23-,24-,27-,28+,29+,30-/m0/s1. The lowest BCUT2D eigenvalue weighted by Gasteiger charge is -2.71. The normalized spacial score (nSPS) is 54.1. The Hall–Kier alpha value is -1.13. The Bertz CT molecular complexity index is 949. The zero-order valence-corrected chi connectivity index (χ0v) is 22.2. The maximum absolute atomic E-state index is 12.8. The molecule has 34 heavy (non-hydrogen) atoms. The molecule has 0 radical (unpaired) electrons. The van der Waals surface area contributed by atoms with Gasteiger partial charge in [0, 0.05) is 5.92 Å². The molecule has 0 bridgehead atoms. The SMILES string of the molecule is C=C1CC[C@]2(C(=O)O)CC[C@]3(C)C(=CC[C@@H]4[C@@]5(C)C[C@@H](O)[C@H](O)C(C)(C)C5CC[C@]43C)[C@@H]2[C@H]1C. The van der Waals surface area contributed by atoms with E-state index in [1.165, 1.54) is 11.1 Å². The van der Waals surface area contributed by atoms with Crippen LogP contribution in [0.2, 0.25) is 0 Å². The summed E-state index contributed by atoms with van der Waals surface area (Å²) in [6.07, 6.45) is 8.02. The van der Waals surface area contributed by atoms with Gasteiger partial charge in [-0.1, -0.05) is 65.3 Å². The van der Waals surface area contributed by atoms with E-state index in [-0.39, 0.29) is 33.5 Å². The summed E-state index contributed by atoms with van der Waals surface area (Å²) in [6.45, 7) is 18.2. The predicted molar refractivity (Wildman–Crippen MR) is 134 cm³/mol. The molecule has 5 rings (SSSR count). The minimum atomic E-state index is -0.690.